The first kappa shape index (κ1) is 24.3. The van der Waals surface area contributed by atoms with E-state index in [-0.39, 0.29) is 46.7 Å². The van der Waals surface area contributed by atoms with Crippen molar-refractivity contribution >= 4 is 39.4 Å². The van der Waals surface area contributed by atoms with E-state index in [1.54, 1.807) is 6.07 Å². The van der Waals surface area contributed by atoms with Gasteiger partial charge in [0.25, 0.3) is 23.6 Å². The summed E-state index contributed by atoms with van der Waals surface area (Å²) in [6.07, 6.45) is 0.0443. The van der Waals surface area contributed by atoms with E-state index in [4.69, 9.17) is 0 Å². The molecule has 5 amide bonds. The van der Waals surface area contributed by atoms with Crippen LogP contribution in [-0.4, -0.2) is 54.1 Å². The zero-order chi connectivity index (χ0) is 25.5. The molecular formula is C24H23N3O7S. The predicted octanol–water partition coefficient (Wildman–Crippen LogP) is 1.20. The number of nitrogens with one attached hydrogen (secondary N) is 2. The summed E-state index contributed by atoms with van der Waals surface area (Å²) in [6, 6.07) is 10.1. The maximum absolute atomic E-state index is 13.1. The fourth-order valence-electron chi connectivity index (χ4n) is 4.12. The Hall–Kier alpha value is -3.86. The average molecular weight is 498 g/mol. The van der Waals surface area contributed by atoms with Crippen molar-refractivity contribution in [1.82, 2.24) is 15.5 Å². The molecule has 1 unspecified atom stereocenters. The van der Waals surface area contributed by atoms with Crippen LogP contribution in [0.2, 0.25) is 0 Å². The van der Waals surface area contributed by atoms with Crippen molar-refractivity contribution in [3.8, 4) is 0 Å². The molecule has 0 bridgehead atoms. The molecule has 1 atom stereocenters. The quantitative estimate of drug-likeness (QED) is 0.570. The summed E-state index contributed by atoms with van der Waals surface area (Å²) in [4.78, 5) is 63.6. The second-order valence-electron chi connectivity index (χ2n) is 8.59. The van der Waals surface area contributed by atoms with Crippen molar-refractivity contribution < 1.29 is 32.4 Å². The molecule has 1 saturated heterocycles. The number of hydrogen-bond acceptors (Lipinski definition) is 7. The molecule has 182 valence electrons. The van der Waals surface area contributed by atoms with Crippen LogP contribution in [0, 0.1) is 0 Å². The lowest BCUT2D eigenvalue weighted by atomic mass is 9.89. The van der Waals surface area contributed by atoms with Crippen molar-refractivity contribution in [2.75, 3.05) is 5.75 Å². The molecule has 2 aromatic carbocycles. The number of amides is 5. The molecule has 0 spiro atoms. The van der Waals surface area contributed by atoms with Crippen molar-refractivity contribution in [2.45, 2.75) is 43.7 Å². The number of fused-ring (bicyclic) bond motifs is 1. The number of sulfone groups is 1. The van der Waals surface area contributed by atoms with Gasteiger partial charge in [0.2, 0.25) is 5.91 Å². The van der Waals surface area contributed by atoms with Gasteiger partial charge in [-0.1, -0.05) is 13.0 Å². The molecule has 11 heteroatoms. The van der Waals surface area contributed by atoms with Gasteiger partial charge in [0, 0.05) is 18.5 Å². The predicted molar refractivity (Wildman–Crippen MR) is 123 cm³/mol. The third-order valence-electron chi connectivity index (χ3n) is 6.33. The molecule has 35 heavy (non-hydrogen) atoms. The molecule has 1 fully saturated rings. The highest BCUT2D eigenvalue weighted by Gasteiger charge is 2.52. The Morgan fingerprint density at radius 3 is 2.31 bits per heavy atom. The second kappa shape index (κ2) is 8.73. The summed E-state index contributed by atoms with van der Waals surface area (Å²) in [5.41, 5.74) is -0.402. The van der Waals surface area contributed by atoms with E-state index in [1.165, 1.54) is 50.2 Å². The summed E-state index contributed by atoms with van der Waals surface area (Å²) < 4.78 is 23.8. The van der Waals surface area contributed by atoms with E-state index in [9.17, 15) is 32.4 Å². The maximum Gasteiger partial charge on any atom is 0.262 e. The van der Waals surface area contributed by atoms with Gasteiger partial charge in [0.1, 0.15) is 5.54 Å². The number of nitrogens with zero attached hydrogens (tertiary/aromatic N) is 1. The van der Waals surface area contributed by atoms with Crippen LogP contribution in [0.1, 0.15) is 63.3 Å². The number of hydrogen-bond donors (Lipinski definition) is 2. The smallest absolute Gasteiger partial charge is 0.262 e. The molecule has 2 aliphatic heterocycles. The first-order chi connectivity index (χ1) is 16.5. The maximum atomic E-state index is 13.1. The fraction of sp³-hybridized carbons (Fsp3) is 0.292. The van der Waals surface area contributed by atoms with Gasteiger partial charge in [-0.15, -0.1) is 0 Å². The molecule has 0 aliphatic carbocycles. The van der Waals surface area contributed by atoms with Gasteiger partial charge in [-0.3, -0.25) is 34.2 Å². The Balaban J connectivity index is 1.48. The number of carbonyl (C=O) groups excluding carboxylic acids is 5. The lowest BCUT2D eigenvalue weighted by molar-refractivity contribution is -0.140. The van der Waals surface area contributed by atoms with E-state index < -0.39 is 44.9 Å². The Labute approximate surface area is 201 Å². The Kier molecular flexibility index (Phi) is 6.05. The lowest BCUT2D eigenvalue weighted by Crippen LogP contribution is -2.62. The fourth-order valence-corrected chi connectivity index (χ4v) is 5.00. The van der Waals surface area contributed by atoms with Gasteiger partial charge < -0.3 is 5.32 Å². The summed E-state index contributed by atoms with van der Waals surface area (Å²) in [5.74, 6) is -2.90. The van der Waals surface area contributed by atoms with Crippen molar-refractivity contribution in [1.29, 1.82) is 0 Å². The standard InChI is InChI=1S/C24H23N3O7S/c1-3-35(33,34)16-7-5-15(6-8-16)20(29)25-13-14-4-9-17-18(12-14)22(31)27(21(17)30)24(2)11-10-19(28)26-23(24)32/h4-9,12H,3,10-11,13H2,1-2H3,(H,25,29)(H,26,28,32). The van der Waals surface area contributed by atoms with Crippen LogP contribution in [-0.2, 0) is 26.0 Å². The monoisotopic (exact) mass is 497 g/mol. The number of imide groups is 2. The minimum Gasteiger partial charge on any atom is -0.348 e. The Bertz CT molecular complexity index is 1380. The summed E-state index contributed by atoms with van der Waals surface area (Å²) in [6.45, 7) is 3.04. The molecule has 0 radical (unpaired) electrons. The van der Waals surface area contributed by atoms with Gasteiger partial charge in [-0.2, -0.15) is 0 Å². The van der Waals surface area contributed by atoms with Gasteiger partial charge in [-0.05, 0) is 55.3 Å². The van der Waals surface area contributed by atoms with Gasteiger partial charge in [-0.25, -0.2) is 8.42 Å². The van der Waals surface area contributed by atoms with Gasteiger partial charge in [0.15, 0.2) is 9.84 Å². The molecule has 2 N–H and O–H groups in total. The van der Waals surface area contributed by atoms with Gasteiger partial charge >= 0.3 is 0 Å². The van der Waals surface area contributed by atoms with Crippen LogP contribution in [0.25, 0.3) is 0 Å². The highest BCUT2D eigenvalue weighted by molar-refractivity contribution is 7.91. The van der Waals surface area contributed by atoms with Crippen LogP contribution < -0.4 is 10.6 Å². The van der Waals surface area contributed by atoms with Crippen LogP contribution in [0.15, 0.2) is 47.4 Å². The highest BCUT2D eigenvalue weighted by atomic mass is 32.2. The molecule has 2 aliphatic rings. The second-order valence-corrected chi connectivity index (χ2v) is 10.9. The van der Waals surface area contributed by atoms with Crippen molar-refractivity contribution in [3.05, 3.63) is 64.7 Å². The summed E-state index contributed by atoms with van der Waals surface area (Å²) in [7, 11) is -3.37. The van der Waals surface area contributed by atoms with E-state index in [0.29, 0.717) is 5.56 Å². The molecule has 4 rings (SSSR count). The van der Waals surface area contributed by atoms with E-state index in [0.717, 1.165) is 4.90 Å². The van der Waals surface area contributed by atoms with Crippen molar-refractivity contribution in [2.24, 2.45) is 0 Å². The normalized spacial score (nSPS) is 20.0. The Morgan fingerprint density at radius 1 is 1.03 bits per heavy atom. The third-order valence-corrected chi connectivity index (χ3v) is 8.08. The van der Waals surface area contributed by atoms with Crippen molar-refractivity contribution in [3.63, 3.8) is 0 Å². The van der Waals surface area contributed by atoms with Crippen LogP contribution in [0.3, 0.4) is 0 Å². The van der Waals surface area contributed by atoms with E-state index in [2.05, 4.69) is 10.6 Å². The zero-order valence-electron chi connectivity index (χ0n) is 19.1. The SMILES string of the molecule is CCS(=O)(=O)c1ccc(C(=O)NCc2ccc3c(c2)C(=O)N(C2(C)CCC(=O)NC2=O)C3=O)cc1. The van der Waals surface area contributed by atoms with Crippen LogP contribution >= 0.6 is 0 Å². The first-order valence-electron chi connectivity index (χ1n) is 10.9. The molecule has 2 heterocycles. The number of benzene rings is 2. The minimum absolute atomic E-state index is 0.0122. The number of piperidine rings is 1. The lowest BCUT2D eigenvalue weighted by Gasteiger charge is -2.38. The summed E-state index contributed by atoms with van der Waals surface area (Å²) >= 11 is 0. The first-order valence-corrected chi connectivity index (χ1v) is 12.6. The van der Waals surface area contributed by atoms with E-state index >= 15 is 0 Å². The number of rotatable bonds is 6. The topological polar surface area (TPSA) is 147 Å². The molecular weight excluding hydrogens is 474 g/mol. The molecule has 0 saturated carbocycles. The zero-order valence-corrected chi connectivity index (χ0v) is 19.9. The Morgan fingerprint density at radius 2 is 1.69 bits per heavy atom. The summed E-state index contributed by atoms with van der Waals surface area (Å²) in [5, 5.41) is 4.88. The highest BCUT2D eigenvalue weighted by Crippen LogP contribution is 2.34. The van der Waals surface area contributed by atoms with Gasteiger partial charge in [0.05, 0.1) is 21.8 Å². The molecule has 0 aromatic heterocycles. The number of carbonyl (C=O) groups is 5. The van der Waals surface area contributed by atoms with Crippen LogP contribution in [0.5, 0.6) is 0 Å². The minimum atomic E-state index is -3.37. The van der Waals surface area contributed by atoms with E-state index in [1.807, 2.05) is 0 Å². The third kappa shape index (κ3) is 4.23. The van der Waals surface area contributed by atoms with Crippen LogP contribution in [0.4, 0.5) is 0 Å². The molecule has 2 aromatic rings. The largest absolute Gasteiger partial charge is 0.348 e. The average Bonchev–Trinajstić information content (AvgIpc) is 3.10. The molecule has 10 nitrogen and oxygen atoms in total.